The Labute approximate surface area is 120 Å². The molecule has 110 valence electrons. The van der Waals surface area contributed by atoms with Gasteiger partial charge in [-0.15, -0.1) is 0 Å². The summed E-state index contributed by atoms with van der Waals surface area (Å²) in [6.07, 6.45) is 0. The van der Waals surface area contributed by atoms with Gasteiger partial charge in [0.1, 0.15) is 6.07 Å². The molecule has 0 unspecified atom stereocenters. The molecule has 1 rings (SSSR count). The summed E-state index contributed by atoms with van der Waals surface area (Å²) in [7, 11) is -3.71. The molecule has 0 aliphatic rings. The third-order valence-corrected chi connectivity index (χ3v) is 5.15. The third kappa shape index (κ3) is 3.71. The molecule has 3 N–H and O–H groups in total. The van der Waals surface area contributed by atoms with Crippen LogP contribution < -0.4 is 10.5 Å². The molecule has 0 atom stereocenters. The van der Waals surface area contributed by atoms with Gasteiger partial charge < -0.3 is 5.73 Å². The maximum Gasteiger partial charge on any atom is 0.241 e. The zero-order valence-corrected chi connectivity index (χ0v) is 13.1. The number of nitrogens with two attached hydrogens (primary N) is 1. The standard InChI is InChI=1S/C14H21N3O2S/c1-10(2)14(3,4)9-17-20(18,19)13-6-5-12(16)7-11(13)8-15/h5-7,10,17H,9,16H2,1-4H3. The fourth-order valence-electron chi connectivity index (χ4n) is 1.43. The van der Waals surface area contributed by atoms with Crippen LogP contribution in [0.25, 0.3) is 0 Å². The molecule has 20 heavy (non-hydrogen) atoms. The monoisotopic (exact) mass is 295 g/mol. The molecule has 0 aliphatic carbocycles. The molecule has 0 spiro atoms. The van der Waals surface area contributed by atoms with Crippen molar-refractivity contribution in [3.8, 4) is 6.07 Å². The Bertz CT molecular complexity index is 628. The van der Waals surface area contributed by atoms with Crippen LogP contribution in [-0.4, -0.2) is 15.0 Å². The fourth-order valence-corrected chi connectivity index (χ4v) is 2.79. The zero-order chi connectivity index (χ0) is 15.6. The van der Waals surface area contributed by atoms with Gasteiger partial charge in [-0.05, 0) is 29.5 Å². The van der Waals surface area contributed by atoms with Gasteiger partial charge in [-0.2, -0.15) is 5.26 Å². The number of nitrogens with zero attached hydrogens (tertiary/aromatic N) is 1. The molecule has 0 saturated heterocycles. The highest BCUT2D eigenvalue weighted by atomic mass is 32.2. The van der Waals surface area contributed by atoms with Crippen LogP contribution in [0.1, 0.15) is 33.3 Å². The van der Waals surface area contributed by atoms with E-state index in [1.54, 1.807) is 0 Å². The first-order chi connectivity index (χ1) is 9.10. The number of nitrogen functional groups attached to an aromatic ring is 1. The summed E-state index contributed by atoms with van der Waals surface area (Å²) >= 11 is 0. The van der Waals surface area contributed by atoms with E-state index in [1.807, 2.05) is 33.8 Å². The van der Waals surface area contributed by atoms with Crippen molar-refractivity contribution in [1.82, 2.24) is 4.72 Å². The maximum absolute atomic E-state index is 12.3. The lowest BCUT2D eigenvalue weighted by Gasteiger charge is -2.29. The van der Waals surface area contributed by atoms with E-state index in [4.69, 9.17) is 11.0 Å². The average Bonchev–Trinajstić information content (AvgIpc) is 2.36. The van der Waals surface area contributed by atoms with E-state index in [1.165, 1.54) is 18.2 Å². The number of anilines is 1. The highest BCUT2D eigenvalue weighted by Crippen LogP contribution is 2.26. The summed E-state index contributed by atoms with van der Waals surface area (Å²) < 4.78 is 27.2. The zero-order valence-electron chi connectivity index (χ0n) is 12.3. The molecule has 1 aromatic carbocycles. The van der Waals surface area contributed by atoms with E-state index in [-0.39, 0.29) is 15.9 Å². The van der Waals surface area contributed by atoms with Crippen molar-refractivity contribution in [2.75, 3.05) is 12.3 Å². The molecule has 0 aromatic heterocycles. The first-order valence-electron chi connectivity index (χ1n) is 6.39. The number of hydrogen-bond donors (Lipinski definition) is 2. The molecular weight excluding hydrogens is 274 g/mol. The molecule has 0 aliphatic heterocycles. The van der Waals surface area contributed by atoms with Crippen LogP contribution in [0.3, 0.4) is 0 Å². The van der Waals surface area contributed by atoms with Gasteiger partial charge >= 0.3 is 0 Å². The van der Waals surface area contributed by atoms with Crippen molar-refractivity contribution in [3.63, 3.8) is 0 Å². The highest BCUT2D eigenvalue weighted by Gasteiger charge is 2.26. The minimum Gasteiger partial charge on any atom is -0.399 e. The molecule has 0 amide bonds. The highest BCUT2D eigenvalue weighted by molar-refractivity contribution is 7.89. The van der Waals surface area contributed by atoms with Crippen molar-refractivity contribution < 1.29 is 8.42 Å². The lowest BCUT2D eigenvalue weighted by molar-refractivity contribution is 0.252. The minimum absolute atomic E-state index is 0.0336. The second-order valence-corrected chi connectivity index (χ2v) is 7.57. The second kappa shape index (κ2) is 5.81. The van der Waals surface area contributed by atoms with Gasteiger partial charge in [0.25, 0.3) is 0 Å². The van der Waals surface area contributed by atoms with Gasteiger partial charge in [-0.1, -0.05) is 27.7 Å². The average molecular weight is 295 g/mol. The SMILES string of the molecule is CC(C)C(C)(C)CNS(=O)(=O)c1ccc(N)cc1C#N. The van der Waals surface area contributed by atoms with Crippen molar-refractivity contribution >= 4 is 15.7 Å². The van der Waals surface area contributed by atoms with E-state index in [9.17, 15) is 8.42 Å². The molecule has 0 heterocycles. The summed E-state index contributed by atoms with van der Waals surface area (Å²) in [5, 5.41) is 9.02. The number of benzene rings is 1. The first-order valence-corrected chi connectivity index (χ1v) is 7.88. The second-order valence-electron chi connectivity index (χ2n) is 5.84. The lowest BCUT2D eigenvalue weighted by Crippen LogP contribution is -2.37. The lowest BCUT2D eigenvalue weighted by atomic mass is 9.81. The summed E-state index contributed by atoms with van der Waals surface area (Å²) in [4.78, 5) is -0.0336. The Morgan fingerprint density at radius 2 is 2.00 bits per heavy atom. The molecule has 0 bridgehead atoms. The predicted octanol–water partition coefficient (Wildman–Crippen LogP) is 2.10. The Hall–Kier alpha value is -1.58. The Morgan fingerprint density at radius 3 is 2.50 bits per heavy atom. The molecule has 0 radical (unpaired) electrons. The molecular formula is C14H21N3O2S. The van der Waals surface area contributed by atoms with E-state index in [0.717, 1.165) is 0 Å². The Balaban J connectivity index is 3.05. The van der Waals surface area contributed by atoms with Gasteiger partial charge in [0.2, 0.25) is 10.0 Å². The number of rotatable bonds is 5. The van der Waals surface area contributed by atoms with E-state index >= 15 is 0 Å². The third-order valence-electron chi connectivity index (χ3n) is 3.69. The minimum atomic E-state index is -3.71. The predicted molar refractivity (Wildman–Crippen MR) is 79.4 cm³/mol. The van der Waals surface area contributed by atoms with Crippen LogP contribution in [0, 0.1) is 22.7 Å². The van der Waals surface area contributed by atoms with Gasteiger partial charge in [0.15, 0.2) is 0 Å². The van der Waals surface area contributed by atoms with Crippen LogP contribution in [0.4, 0.5) is 5.69 Å². The van der Waals surface area contributed by atoms with Crippen LogP contribution in [0.2, 0.25) is 0 Å². The Morgan fingerprint density at radius 1 is 1.40 bits per heavy atom. The van der Waals surface area contributed by atoms with Crippen molar-refractivity contribution in [2.24, 2.45) is 11.3 Å². The maximum atomic E-state index is 12.3. The fraction of sp³-hybridized carbons (Fsp3) is 0.500. The van der Waals surface area contributed by atoms with E-state index in [2.05, 4.69) is 4.72 Å². The van der Waals surface area contributed by atoms with Crippen molar-refractivity contribution in [2.45, 2.75) is 32.6 Å². The van der Waals surface area contributed by atoms with Crippen LogP contribution in [0.5, 0.6) is 0 Å². The molecule has 0 fully saturated rings. The van der Waals surface area contributed by atoms with Gasteiger partial charge in [-0.25, -0.2) is 13.1 Å². The quantitative estimate of drug-likeness (QED) is 0.813. The summed E-state index contributed by atoms with van der Waals surface area (Å²) in [5.74, 6) is 0.326. The summed E-state index contributed by atoms with van der Waals surface area (Å²) in [6.45, 7) is 8.38. The van der Waals surface area contributed by atoms with Gasteiger partial charge in [0.05, 0.1) is 10.5 Å². The van der Waals surface area contributed by atoms with Crippen LogP contribution in [0.15, 0.2) is 23.1 Å². The normalized spacial score (nSPS) is 12.4. The number of hydrogen-bond acceptors (Lipinski definition) is 4. The molecule has 5 nitrogen and oxygen atoms in total. The van der Waals surface area contributed by atoms with Crippen LogP contribution >= 0.6 is 0 Å². The number of nitriles is 1. The van der Waals surface area contributed by atoms with E-state index in [0.29, 0.717) is 18.2 Å². The van der Waals surface area contributed by atoms with Crippen LogP contribution in [-0.2, 0) is 10.0 Å². The molecule has 1 aromatic rings. The Kier molecular flexibility index (Phi) is 4.79. The largest absolute Gasteiger partial charge is 0.399 e. The smallest absolute Gasteiger partial charge is 0.241 e. The van der Waals surface area contributed by atoms with Gasteiger partial charge in [0, 0.05) is 12.2 Å². The van der Waals surface area contributed by atoms with E-state index < -0.39 is 10.0 Å². The topological polar surface area (TPSA) is 96.0 Å². The number of nitrogens with one attached hydrogen (secondary N) is 1. The number of sulfonamides is 1. The van der Waals surface area contributed by atoms with Crippen molar-refractivity contribution in [1.29, 1.82) is 5.26 Å². The first kappa shape index (κ1) is 16.5. The van der Waals surface area contributed by atoms with Gasteiger partial charge in [-0.3, -0.25) is 0 Å². The summed E-state index contributed by atoms with van der Waals surface area (Å²) in [6, 6.07) is 6.06. The van der Waals surface area contributed by atoms with Crippen molar-refractivity contribution in [3.05, 3.63) is 23.8 Å². The molecule has 6 heteroatoms. The molecule has 0 saturated carbocycles. The summed E-state index contributed by atoms with van der Waals surface area (Å²) in [5.41, 5.74) is 5.81.